The Hall–Kier alpha value is -1.06. The average Bonchev–Trinajstić information content (AvgIpc) is 2.70. The fourth-order valence-corrected chi connectivity index (χ4v) is 2.81. The second kappa shape index (κ2) is 7.28. The molecule has 0 aliphatic carbocycles. The maximum absolute atomic E-state index is 6.20. The van der Waals surface area contributed by atoms with E-state index in [1.807, 2.05) is 26.0 Å². The van der Waals surface area contributed by atoms with Crippen molar-refractivity contribution in [3.05, 3.63) is 29.8 Å². The minimum Gasteiger partial charge on any atom is -0.491 e. The van der Waals surface area contributed by atoms with Gasteiger partial charge in [-0.05, 0) is 44.4 Å². The topological polar surface area (TPSA) is 30.5 Å². The van der Waals surface area contributed by atoms with Gasteiger partial charge in [-0.15, -0.1) is 0 Å². The summed E-state index contributed by atoms with van der Waals surface area (Å²) in [5, 5.41) is 3.58. The lowest BCUT2D eigenvalue weighted by molar-refractivity contribution is 0.0102. The largest absolute Gasteiger partial charge is 0.491 e. The van der Waals surface area contributed by atoms with Crippen LogP contribution in [-0.2, 0) is 4.74 Å². The molecule has 0 aromatic heterocycles. The van der Waals surface area contributed by atoms with Crippen molar-refractivity contribution in [2.45, 2.75) is 52.7 Å². The number of hydrogen-bond acceptors (Lipinski definition) is 3. The van der Waals surface area contributed by atoms with Gasteiger partial charge >= 0.3 is 0 Å². The average molecular weight is 291 g/mol. The first-order chi connectivity index (χ1) is 10.1. The maximum atomic E-state index is 6.20. The summed E-state index contributed by atoms with van der Waals surface area (Å²) in [4.78, 5) is 0. The van der Waals surface area contributed by atoms with E-state index in [9.17, 15) is 0 Å². The molecule has 2 rings (SSSR count). The van der Waals surface area contributed by atoms with Crippen LogP contribution in [0.25, 0.3) is 0 Å². The predicted octanol–water partition coefficient (Wildman–Crippen LogP) is 3.94. The molecule has 1 aromatic rings. The van der Waals surface area contributed by atoms with Crippen LogP contribution < -0.4 is 10.1 Å². The maximum Gasteiger partial charge on any atom is 0.119 e. The summed E-state index contributed by atoms with van der Waals surface area (Å²) in [6, 6.07) is 8.32. The molecule has 3 nitrogen and oxygen atoms in total. The third kappa shape index (κ3) is 4.21. The number of rotatable bonds is 5. The van der Waals surface area contributed by atoms with Gasteiger partial charge in [0.1, 0.15) is 5.75 Å². The third-order valence-corrected chi connectivity index (χ3v) is 4.54. The Bertz CT molecular complexity index is 423. The molecule has 0 spiro atoms. The van der Waals surface area contributed by atoms with E-state index in [1.54, 1.807) is 0 Å². The van der Waals surface area contributed by atoms with Gasteiger partial charge in [-0.2, -0.15) is 0 Å². The molecule has 0 amide bonds. The molecule has 0 bridgehead atoms. The van der Waals surface area contributed by atoms with E-state index in [0.717, 1.165) is 38.3 Å². The van der Waals surface area contributed by atoms with Crippen LogP contribution in [0, 0.1) is 5.41 Å². The van der Waals surface area contributed by atoms with Crippen LogP contribution in [0.1, 0.15) is 52.2 Å². The fourth-order valence-electron chi connectivity index (χ4n) is 2.81. The Morgan fingerprint density at radius 2 is 1.90 bits per heavy atom. The summed E-state index contributed by atoms with van der Waals surface area (Å²) in [6.07, 6.45) is 2.66. The molecule has 0 saturated carbocycles. The minimum absolute atomic E-state index is 0.137. The van der Waals surface area contributed by atoms with Crippen LogP contribution >= 0.6 is 0 Å². The highest BCUT2D eigenvalue weighted by Crippen LogP contribution is 2.31. The number of hydrogen-bond donors (Lipinski definition) is 1. The lowest BCUT2D eigenvalue weighted by atomic mass is 9.83. The number of ether oxygens (including phenoxy) is 2. The summed E-state index contributed by atoms with van der Waals surface area (Å²) in [5.74, 6) is 0.923. The van der Waals surface area contributed by atoms with E-state index in [4.69, 9.17) is 9.47 Å². The fraction of sp³-hybridized carbons (Fsp3) is 0.667. The molecule has 21 heavy (non-hydrogen) atoms. The molecule has 1 fully saturated rings. The highest BCUT2D eigenvalue weighted by atomic mass is 16.5. The molecule has 1 atom stereocenters. The van der Waals surface area contributed by atoms with E-state index < -0.39 is 0 Å². The Labute approximate surface area is 129 Å². The predicted molar refractivity (Wildman–Crippen MR) is 86.8 cm³/mol. The Morgan fingerprint density at radius 1 is 1.24 bits per heavy atom. The quantitative estimate of drug-likeness (QED) is 0.891. The molecule has 1 heterocycles. The zero-order valence-electron chi connectivity index (χ0n) is 13.8. The van der Waals surface area contributed by atoms with Gasteiger partial charge in [-0.1, -0.05) is 26.0 Å². The second-order valence-electron chi connectivity index (χ2n) is 6.37. The van der Waals surface area contributed by atoms with E-state index in [2.05, 4.69) is 31.3 Å². The van der Waals surface area contributed by atoms with Crippen LogP contribution in [0.3, 0.4) is 0 Å². The molecule has 1 unspecified atom stereocenters. The Kier molecular flexibility index (Phi) is 5.65. The van der Waals surface area contributed by atoms with E-state index >= 15 is 0 Å². The third-order valence-electron chi connectivity index (χ3n) is 4.54. The molecular weight excluding hydrogens is 262 g/mol. The minimum atomic E-state index is 0.137. The lowest BCUT2D eigenvalue weighted by Crippen LogP contribution is -2.34. The first-order valence-electron chi connectivity index (χ1n) is 8.17. The molecule has 118 valence electrons. The van der Waals surface area contributed by atoms with Crippen molar-refractivity contribution in [1.82, 2.24) is 5.32 Å². The summed E-state index contributed by atoms with van der Waals surface area (Å²) < 4.78 is 11.9. The van der Waals surface area contributed by atoms with Gasteiger partial charge in [-0.3, -0.25) is 0 Å². The highest BCUT2D eigenvalue weighted by molar-refractivity contribution is 5.29. The molecule has 1 aromatic carbocycles. The summed E-state index contributed by atoms with van der Waals surface area (Å²) in [6.45, 7) is 11.4. The van der Waals surface area contributed by atoms with Crippen molar-refractivity contribution in [2.75, 3.05) is 19.7 Å². The van der Waals surface area contributed by atoms with Crippen LogP contribution in [0.4, 0.5) is 0 Å². The number of benzene rings is 1. The van der Waals surface area contributed by atoms with Crippen molar-refractivity contribution in [3.63, 3.8) is 0 Å². The Balaban J connectivity index is 2.02. The van der Waals surface area contributed by atoms with Crippen LogP contribution in [0.2, 0.25) is 0 Å². The highest BCUT2D eigenvalue weighted by Gasteiger charge is 2.31. The van der Waals surface area contributed by atoms with Crippen molar-refractivity contribution >= 4 is 0 Å². The zero-order valence-corrected chi connectivity index (χ0v) is 13.8. The molecule has 1 N–H and O–H groups in total. The second-order valence-corrected chi connectivity index (χ2v) is 6.37. The molecule has 0 radical (unpaired) electrons. The summed E-state index contributed by atoms with van der Waals surface area (Å²) in [5.41, 5.74) is 1.51. The molecule has 1 aliphatic rings. The normalized spacial score (nSPS) is 22.0. The monoisotopic (exact) mass is 291 g/mol. The van der Waals surface area contributed by atoms with E-state index in [1.165, 1.54) is 5.56 Å². The van der Waals surface area contributed by atoms with Crippen molar-refractivity contribution < 1.29 is 9.47 Å². The van der Waals surface area contributed by atoms with Crippen molar-refractivity contribution in [1.29, 1.82) is 0 Å². The van der Waals surface area contributed by atoms with Crippen molar-refractivity contribution in [2.24, 2.45) is 5.41 Å². The molecule has 3 heteroatoms. The standard InChI is InChI=1S/C18H29NO2/c1-5-18(6-2)12-19-11-17(20-13-18)15-7-9-16(10-8-15)21-14(3)4/h7-10,14,17,19H,5-6,11-13H2,1-4H3. The van der Waals surface area contributed by atoms with Gasteiger partial charge in [0.2, 0.25) is 0 Å². The molecular formula is C18H29NO2. The Morgan fingerprint density at radius 3 is 2.48 bits per heavy atom. The van der Waals surface area contributed by atoms with Crippen LogP contribution in [-0.4, -0.2) is 25.8 Å². The van der Waals surface area contributed by atoms with Gasteiger partial charge in [0, 0.05) is 18.5 Å². The van der Waals surface area contributed by atoms with Gasteiger partial charge in [-0.25, -0.2) is 0 Å². The van der Waals surface area contributed by atoms with Crippen molar-refractivity contribution in [3.8, 4) is 5.75 Å². The molecule has 1 saturated heterocycles. The summed E-state index contributed by atoms with van der Waals surface area (Å²) in [7, 11) is 0. The first kappa shape index (κ1) is 16.3. The van der Waals surface area contributed by atoms with Crippen LogP contribution in [0.15, 0.2) is 24.3 Å². The van der Waals surface area contributed by atoms with Gasteiger partial charge < -0.3 is 14.8 Å². The van der Waals surface area contributed by atoms with Crippen LogP contribution in [0.5, 0.6) is 5.75 Å². The lowest BCUT2D eigenvalue weighted by Gasteiger charge is -2.29. The van der Waals surface area contributed by atoms with Gasteiger partial charge in [0.25, 0.3) is 0 Å². The van der Waals surface area contributed by atoms with E-state index in [-0.39, 0.29) is 17.6 Å². The van der Waals surface area contributed by atoms with Gasteiger partial charge in [0.05, 0.1) is 18.8 Å². The molecule has 1 aliphatic heterocycles. The van der Waals surface area contributed by atoms with E-state index in [0.29, 0.717) is 0 Å². The summed E-state index contributed by atoms with van der Waals surface area (Å²) >= 11 is 0. The smallest absolute Gasteiger partial charge is 0.119 e. The van der Waals surface area contributed by atoms with Gasteiger partial charge in [0.15, 0.2) is 0 Å². The number of nitrogens with one attached hydrogen (secondary N) is 1. The first-order valence-corrected chi connectivity index (χ1v) is 8.17. The SMILES string of the molecule is CCC1(CC)CNCC(c2ccc(OC(C)C)cc2)OC1. The zero-order chi connectivity index (χ0) is 15.3.